The molecule has 178 valence electrons. The van der Waals surface area contributed by atoms with Crippen LogP contribution in [0.3, 0.4) is 0 Å². The number of benzene rings is 4. The molecule has 0 bridgehead atoms. The number of aromatic nitrogens is 3. The molecule has 4 aromatic carbocycles. The van der Waals surface area contributed by atoms with Crippen molar-refractivity contribution < 1.29 is 24.5 Å². The topological polar surface area (TPSA) is 115 Å². The first-order valence-electron chi connectivity index (χ1n) is 11.0. The Labute approximate surface area is 206 Å². The van der Waals surface area contributed by atoms with Crippen LogP contribution < -0.4 is 4.74 Å². The molecule has 0 aliphatic heterocycles. The van der Waals surface area contributed by atoms with Crippen molar-refractivity contribution in [2.75, 3.05) is 14.2 Å². The second-order valence-corrected chi connectivity index (χ2v) is 7.94. The summed E-state index contributed by atoms with van der Waals surface area (Å²) in [5.41, 5.74) is 1.78. The van der Waals surface area contributed by atoms with Crippen LogP contribution in [0.2, 0.25) is 0 Å². The third-order valence-electron chi connectivity index (χ3n) is 5.79. The second-order valence-electron chi connectivity index (χ2n) is 7.94. The number of phenols is 2. The minimum Gasteiger partial charge on any atom is -0.507 e. The number of esters is 1. The maximum Gasteiger partial charge on any atom is 0.337 e. The van der Waals surface area contributed by atoms with Crippen LogP contribution in [-0.4, -0.2) is 45.4 Å². The zero-order valence-electron chi connectivity index (χ0n) is 19.5. The Hall–Kier alpha value is -4.98. The fourth-order valence-electron chi connectivity index (χ4n) is 3.88. The summed E-state index contributed by atoms with van der Waals surface area (Å²) < 4.78 is 9.95. The Morgan fingerprint density at radius 3 is 2.11 bits per heavy atom. The number of fused-ring (bicyclic) bond motifs is 1. The van der Waals surface area contributed by atoms with Crippen molar-refractivity contribution in [3.8, 4) is 51.4 Å². The number of rotatable bonds is 5. The van der Waals surface area contributed by atoms with Crippen LogP contribution in [0.4, 0.5) is 0 Å². The van der Waals surface area contributed by atoms with Gasteiger partial charge in [0.15, 0.2) is 17.5 Å². The molecule has 2 N–H and O–H groups in total. The first-order valence-corrected chi connectivity index (χ1v) is 11.0. The maximum absolute atomic E-state index is 11.8. The number of phenolic OH excluding ortho intramolecular Hbond substituents is 2. The van der Waals surface area contributed by atoms with E-state index >= 15 is 0 Å². The fraction of sp³-hybridized carbons (Fsp3) is 0.0714. The summed E-state index contributed by atoms with van der Waals surface area (Å²) in [5, 5.41) is 23.2. The number of hydrogen-bond donors (Lipinski definition) is 2. The largest absolute Gasteiger partial charge is 0.507 e. The molecule has 1 heterocycles. The number of methoxy groups -OCH3 is 2. The van der Waals surface area contributed by atoms with Gasteiger partial charge >= 0.3 is 5.97 Å². The number of carbonyl (C=O) groups excluding carboxylic acids is 1. The molecule has 0 saturated carbocycles. The van der Waals surface area contributed by atoms with Crippen molar-refractivity contribution in [3.05, 3.63) is 84.4 Å². The van der Waals surface area contributed by atoms with Crippen LogP contribution in [0.1, 0.15) is 10.4 Å². The van der Waals surface area contributed by atoms with Crippen LogP contribution in [0.15, 0.2) is 78.9 Å². The van der Waals surface area contributed by atoms with Crippen molar-refractivity contribution in [2.24, 2.45) is 0 Å². The Kier molecular flexibility index (Phi) is 5.92. The van der Waals surface area contributed by atoms with Crippen molar-refractivity contribution in [3.63, 3.8) is 0 Å². The van der Waals surface area contributed by atoms with Gasteiger partial charge in [-0.1, -0.05) is 42.5 Å². The van der Waals surface area contributed by atoms with E-state index in [0.29, 0.717) is 39.2 Å². The first kappa shape index (κ1) is 22.8. The standard InChI is InChI=1S/C28H21N3O5/c1-35-19-12-14-21(23(32)15-19)26-29-25(17-7-9-18(10-8-17)28(34)36-2)30-27(31-26)22-13-11-16-5-3-4-6-20(16)24(22)33/h3-15,32-33H,1-2H3. The van der Waals surface area contributed by atoms with Gasteiger partial charge in [0.1, 0.15) is 17.2 Å². The lowest BCUT2D eigenvalue weighted by atomic mass is 10.0. The molecule has 0 saturated heterocycles. The van der Waals surface area contributed by atoms with E-state index in [4.69, 9.17) is 9.47 Å². The van der Waals surface area contributed by atoms with E-state index in [1.807, 2.05) is 30.3 Å². The molecule has 5 aromatic rings. The average molecular weight is 479 g/mol. The number of hydrogen-bond acceptors (Lipinski definition) is 8. The van der Waals surface area contributed by atoms with E-state index in [1.165, 1.54) is 20.3 Å². The molecule has 1 aromatic heterocycles. The molecule has 8 nitrogen and oxygen atoms in total. The lowest BCUT2D eigenvalue weighted by molar-refractivity contribution is 0.0600. The molecule has 0 aliphatic carbocycles. The SMILES string of the molecule is COC(=O)c1ccc(-c2nc(-c3ccc(OC)cc3O)nc(-c3ccc4ccccc4c3O)n2)cc1. The predicted octanol–water partition coefficient (Wildman–Crippen LogP) is 5.23. The maximum atomic E-state index is 11.8. The minimum absolute atomic E-state index is 0.0381. The van der Waals surface area contributed by atoms with Gasteiger partial charge in [-0.2, -0.15) is 0 Å². The highest BCUT2D eigenvalue weighted by molar-refractivity contribution is 5.94. The molecule has 0 aliphatic rings. The quantitative estimate of drug-likeness (QED) is 0.329. The summed E-state index contributed by atoms with van der Waals surface area (Å²) in [4.78, 5) is 25.6. The lowest BCUT2D eigenvalue weighted by Crippen LogP contribution is -2.02. The molecule has 0 fully saturated rings. The lowest BCUT2D eigenvalue weighted by Gasteiger charge is -2.12. The van der Waals surface area contributed by atoms with E-state index in [-0.39, 0.29) is 23.1 Å². The highest BCUT2D eigenvalue weighted by atomic mass is 16.5. The van der Waals surface area contributed by atoms with E-state index in [1.54, 1.807) is 42.5 Å². The smallest absolute Gasteiger partial charge is 0.337 e. The third kappa shape index (κ3) is 4.16. The molecule has 36 heavy (non-hydrogen) atoms. The Balaban J connectivity index is 1.71. The Morgan fingerprint density at radius 2 is 1.42 bits per heavy atom. The highest BCUT2D eigenvalue weighted by Crippen LogP contribution is 2.37. The van der Waals surface area contributed by atoms with E-state index in [9.17, 15) is 15.0 Å². The van der Waals surface area contributed by atoms with Gasteiger partial charge in [0.2, 0.25) is 0 Å². The van der Waals surface area contributed by atoms with Gasteiger partial charge in [-0.05, 0) is 35.7 Å². The first-order chi connectivity index (χ1) is 17.5. The van der Waals surface area contributed by atoms with Crippen LogP contribution >= 0.6 is 0 Å². The van der Waals surface area contributed by atoms with E-state index < -0.39 is 5.97 Å². The van der Waals surface area contributed by atoms with Crippen LogP contribution in [0, 0.1) is 0 Å². The van der Waals surface area contributed by atoms with Crippen molar-refractivity contribution in [2.45, 2.75) is 0 Å². The van der Waals surface area contributed by atoms with Gasteiger partial charge in [0.05, 0.1) is 30.9 Å². The van der Waals surface area contributed by atoms with Gasteiger partial charge in [0.25, 0.3) is 0 Å². The van der Waals surface area contributed by atoms with E-state index in [2.05, 4.69) is 15.0 Å². The van der Waals surface area contributed by atoms with Crippen LogP contribution in [0.5, 0.6) is 17.2 Å². The highest BCUT2D eigenvalue weighted by Gasteiger charge is 2.18. The predicted molar refractivity (Wildman–Crippen MR) is 135 cm³/mol. The van der Waals surface area contributed by atoms with Crippen molar-refractivity contribution in [1.82, 2.24) is 15.0 Å². The zero-order chi connectivity index (χ0) is 25.2. The van der Waals surface area contributed by atoms with Crippen LogP contribution in [-0.2, 0) is 4.74 Å². The summed E-state index contributed by atoms with van der Waals surface area (Å²) in [5.74, 6) is 0.732. The number of carbonyl (C=O) groups is 1. The van der Waals surface area contributed by atoms with Crippen molar-refractivity contribution >= 4 is 16.7 Å². The number of ether oxygens (including phenoxy) is 2. The summed E-state index contributed by atoms with van der Waals surface area (Å²) in [7, 11) is 2.83. The zero-order valence-corrected chi connectivity index (χ0v) is 19.5. The van der Waals surface area contributed by atoms with Gasteiger partial charge in [-0.25, -0.2) is 19.7 Å². The molecular weight excluding hydrogens is 458 g/mol. The fourth-order valence-corrected chi connectivity index (χ4v) is 3.88. The Bertz CT molecular complexity index is 1600. The molecule has 0 spiro atoms. The second kappa shape index (κ2) is 9.34. The third-order valence-corrected chi connectivity index (χ3v) is 5.79. The average Bonchev–Trinajstić information content (AvgIpc) is 2.92. The van der Waals surface area contributed by atoms with Gasteiger partial charge in [-0.15, -0.1) is 0 Å². The van der Waals surface area contributed by atoms with E-state index in [0.717, 1.165) is 5.39 Å². The van der Waals surface area contributed by atoms with Gasteiger partial charge in [0, 0.05) is 17.0 Å². The van der Waals surface area contributed by atoms with Crippen molar-refractivity contribution in [1.29, 1.82) is 0 Å². The summed E-state index contributed by atoms with van der Waals surface area (Å²) in [6.45, 7) is 0. The number of aromatic hydroxyl groups is 2. The molecule has 0 atom stereocenters. The molecule has 0 unspecified atom stereocenters. The molecular formula is C28H21N3O5. The summed E-state index contributed by atoms with van der Waals surface area (Å²) >= 11 is 0. The molecule has 8 heteroatoms. The normalized spacial score (nSPS) is 10.8. The van der Waals surface area contributed by atoms with Crippen LogP contribution in [0.25, 0.3) is 44.9 Å². The molecule has 0 radical (unpaired) electrons. The number of nitrogens with zero attached hydrogens (tertiary/aromatic N) is 3. The summed E-state index contributed by atoms with van der Waals surface area (Å²) in [6, 6.07) is 22.5. The minimum atomic E-state index is -0.456. The summed E-state index contributed by atoms with van der Waals surface area (Å²) in [6.07, 6.45) is 0. The Morgan fingerprint density at radius 1 is 0.750 bits per heavy atom. The van der Waals surface area contributed by atoms with Gasteiger partial charge in [-0.3, -0.25) is 0 Å². The molecule has 5 rings (SSSR count). The van der Waals surface area contributed by atoms with Gasteiger partial charge < -0.3 is 19.7 Å². The molecule has 0 amide bonds. The monoisotopic (exact) mass is 479 g/mol.